The van der Waals surface area contributed by atoms with Gasteiger partial charge in [-0.3, -0.25) is 9.89 Å². The van der Waals surface area contributed by atoms with Gasteiger partial charge in [-0.1, -0.05) is 0 Å². The number of hydrogen-bond donors (Lipinski definition) is 3. The maximum Gasteiger partial charge on any atom is 0.304 e. The molecule has 3 aromatic heterocycles. The van der Waals surface area contributed by atoms with Crippen molar-refractivity contribution in [2.75, 3.05) is 0 Å². The van der Waals surface area contributed by atoms with Gasteiger partial charge in [-0.05, 0) is 41.6 Å². The molecule has 4 aromatic rings. The number of H-pyrrole nitrogens is 1. The van der Waals surface area contributed by atoms with Crippen molar-refractivity contribution in [1.29, 1.82) is 0 Å². The Labute approximate surface area is 170 Å². The van der Waals surface area contributed by atoms with E-state index in [9.17, 15) is 4.79 Å². The third-order valence-electron chi connectivity index (χ3n) is 4.17. The molecule has 4 N–H and O–H groups in total. The summed E-state index contributed by atoms with van der Waals surface area (Å²) in [5.41, 5.74) is 8.27. The van der Waals surface area contributed by atoms with Crippen LogP contribution in [-0.2, 0) is 11.3 Å². The number of aromatic nitrogens is 7. The van der Waals surface area contributed by atoms with E-state index in [0.29, 0.717) is 17.5 Å². The first-order chi connectivity index (χ1) is 14.6. The number of benzene rings is 1. The zero-order chi connectivity index (χ0) is 20.9. The fourth-order valence-corrected chi connectivity index (χ4v) is 2.74. The third kappa shape index (κ3) is 4.64. The van der Waals surface area contributed by atoms with Gasteiger partial charge in [0.2, 0.25) is 11.7 Å². The van der Waals surface area contributed by atoms with Gasteiger partial charge in [-0.25, -0.2) is 4.98 Å². The van der Waals surface area contributed by atoms with Crippen LogP contribution in [0.15, 0.2) is 54.9 Å². The van der Waals surface area contributed by atoms with Crippen LogP contribution in [0.1, 0.15) is 6.42 Å². The number of rotatable bonds is 8. The van der Waals surface area contributed by atoms with Crippen molar-refractivity contribution in [1.82, 2.24) is 35.4 Å². The monoisotopic (exact) mass is 406 g/mol. The van der Waals surface area contributed by atoms with Crippen molar-refractivity contribution in [3.05, 3.63) is 54.9 Å². The number of nitrogens with two attached hydrogens (primary N) is 1. The second kappa shape index (κ2) is 8.49. The molecule has 1 atom stereocenters. The number of pyridine rings is 1. The second-order valence-corrected chi connectivity index (χ2v) is 6.51. The average molecular weight is 406 g/mol. The van der Waals surface area contributed by atoms with E-state index < -0.39 is 12.0 Å². The molecule has 30 heavy (non-hydrogen) atoms. The number of nitrogens with one attached hydrogen (secondary N) is 1. The van der Waals surface area contributed by atoms with E-state index in [1.54, 1.807) is 42.7 Å². The highest BCUT2D eigenvalue weighted by atomic mass is 16.5. The lowest BCUT2D eigenvalue weighted by molar-refractivity contribution is -0.137. The number of carboxylic acids is 1. The first kappa shape index (κ1) is 19.2. The topological polar surface area (TPSA) is 158 Å². The van der Waals surface area contributed by atoms with E-state index in [4.69, 9.17) is 15.6 Å². The molecule has 4 rings (SSSR count). The van der Waals surface area contributed by atoms with Crippen molar-refractivity contribution in [2.45, 2.75) is 19.0 Å². The van der Waals surface area contributed by atoms with E-state index in [-0.39, 0.29) is 13.0 Å². The fourth-order valence-electron chi connectivity index (χ4n) is 2.74. The third-order valence-corrected chi connectivity index (χ3v) is 4.17. The highest BCUT2D eigenvalue weighted by Crippen LogP contribution is 2.24. The van der Waals surface area contributed by atoms with Gasteiger partial charge in [0.05, 0.1) is 18.7 Å². The summed E-state index contributed by atoms with van der Waals surface area (Å²) in [7, 11) is 0. The summed E-state index contributed by atoms with van der Waals surface area (Å²) in [6, 6.07) is 12.1. The first-order valence-corrected chi connectivity index (χ1v) is 9.06. The molecule has 11 nitrogen and oxygen atoms in total. The lowest BCUT2D eigenvalue weighted by Gasteiger charge is -2.06. The van der Waals surface area contributed by atoms with Gasteiger partial charge >= 0.3 is 5.97 Å². The molecule has 152 valence electrons. The van der Waals surface area contributed by atoms with E-state index in [0.717, 1.165) is 16.8 Å². The van der Waals surface area contributed by atoms with Gasteiger partial charge in [-0.15, -0.1) is 10.2 Å². The van der Waals surface area contributed by atoms with E-state index >= 15 is 0 Å². The molecule has 0 saturated carbocycles. The molecule has 0 aliphatic carbocycles. The SMILES string of the molecule is N[C@@H](CC(=O)O)Cn1nnc(-c2ccc(Oc3ccc(-c4ccn[nH]4)cn3)cc2)n1. The maximum atomic E-state index is 10.7. The summed E-state index contributed by atoms with van der Waals surface area (Å²) in [5, 5.41) is 27.7. The molecule has 0 aliphatic rings. The minimum Gasteiger partial charge on any atom is -0.481 e. The molecule has 0 radical (unpaired) electrons. The lowest BCUT2D eigenvalue weighted by atomic mass is 10.2. The molecule has 0 aliphatic heterocycles. The number of aromatic amines is 1. The Morgan fingerprint density at radius 2 is 1.97 bits per heavy atom. The zero-order valence-electron chi connectivity index (χ0n) is 15.7. The zero-order valence-corrected chi connectivity index (χ0v) is 15.7. The summed E-state index contributed by atoms with van der Waals surface area (Å²) >= 11 is 0. The summed E-state index contributed by atoms with van der Waals surface area (Å²) in [4.78, 5) is 16.3. The summed E-state index contributed by atoms with van der Waals surface area (Å²) in [5.74, 6) is 0.508. The molecule has 3 heterocycles. The van der Waals surface area contributed by atoms with Gasteiger partial charge in [0, 0.05) is 35.6 Å². The smallest absolute Gasteiger partial charge is 0.304 e. The number of nitrogens with zero attached hydrogens (tertiary/aromatic N) is 6. The van der Waals surface area contributed by atoms with Crippen molar-refractivity contribution in [3.63, 3.8) is 0 Å². The van der Waals surface area contributed by atoms with Crippen LogP contribution in [0.4, 0.5) is 0 Å². The Morgan fingerprint density at radius 3 is 2.63 bits per heavy atom. The van der Waals surface area contributed by atoms with Crippen LogP contribution in [0, 0.1) is 0 Å². The maximum absolute atomic E-state index is 10.7. The van der Waals surface area contributed by atoms with Crippen molar-refractivity contribution in [3.8, 4) is 34.3 Å². The number of ether oxygens (including phenoxy) is 1. The number of carbonyl (C=O) groups is 1. The number of carboxylic acid groups (broad SMARTS) is 1. The quantitative estimate of drug-likeness (QED) is 0.396. The lowest BCUT2D eigenvalue weighted by Crippen LogP contribution is -2.30. The molecular weight excluding hydrogens is 388 g/mol. The van der Waals surface area contributed by atoms with Gasteiger partial charge in [-0.2, -0.15) is 9.90 Å². The minimum absolute atomic E-state index is 0.167. The van der Waals surface area contributed by atoms with E-state index in [2.05, 4.69) is 30.6 Å². The van der Waals surface area contributed by atoms with E-state index in [1.165, 1.54) is 4.80 Å². The number of aliphatic carboxylic acids is 1. The minimum atomic E-state index is -0.969. The van der Waals surface area contributed by atoms with Crippen LogP contribution in [0.25, 0.3) is 22.6 Å². The molecule has 0 saturated heterocycles. The fraction of sp³-hybridized carbons (Fsp3) is 0.158. The van der Waals surface area contributed by atoms with Gasteiger partial charge in [0.25, 0.3) is 0 Å². The van der Waals surface area contributed by atoms with Gasteiger partial charge < -0.3 is 15.6 Å². The van der Waals surface area contributed by atoms with Crippen LogP contribution in [0.5, 0.6) is 11.6 Å². The highest BCUT2D eigenvalue weighted by molar-refractivity contribution is 5.67. The van der Waals surface area contributed by atoms with Gasteiger partial charge in [0.15, 0.2) is 0 Å². The molecule has 11 heteroatoms. The Balaban J connectivity index is 1.39. The molecule has 0 spiro atoms. The van der Waals surface area contributed by atoms with Crippen molar-refractivity contribution in [2.24, 2.45) is 5.73 Å². The predicted molar refractivity (Wildman–Crippen MR) is 105 cm³/mol. The average Bonchev–Trinajstić information content (AvgIpc) is 3.41. The number of hydrogen-bond acceptors (Lipinski definition) is 8. The Kier molecular flexibility index (Phi) is 5.44. The summed E-state index contributed by atoms with van der Waals surface area (Å²) in [6.07, 6.45) is 3.22. The second-order valence-electron chi connectivity index (χ2n) is 6.51. The highest BCUT2D eigenvalue weighted by Gasteiger charge is 2.12. The summed E-state index contributed by atoms with van der Waals surface area (Å²) in [6.45, 7) is 0.167. The van der Waals surface area contributed by atoms with Crippen LogP contribution < -0.4 is 10.5 Å². The first-order valence-electron chi connectivity index (χ1n) is 9.06. The largest absolute Gasteiger partial charge is 0.481 e. The van der Waals surface area contributed by atoms with Crippen LogP contribution in [0.3, 0.4) is 0 Å². The van der Waals surface area contributed by atoms with Crippen LogP contribution in [0.2, 0.25) is 0 Å². The Morgan fingerprint density at radius 1 is 1.17 bits per heavy atom. The Hall–Kier alpha value is -4.12. The van der Waals surface area contributed by atoms with Crippen molar-refractivity contribution >= 4 is 5.97 Å². The molecule has 1 aromatic carbocycles. The Bertz CT molecular complexity index is 1110. The normalized spacial score (nSPS) is 11.9. The van der Waals surface area contributed by atoms with Gasteiger partial charge in [0.1, 0.15) is 5.75 Å². The molecular formula is C19H18N8O3. The molecule has 0 amide bonds. The molecule has 0 fully saturated rings. The van der Waals surface area contributed by atoms with Crippen molar-refractivity contribution < 1.29 is 14.6 Å². The molecule has 0 bridgehead atoms. The number of tetrazole rings is 1. The predicted octanol–water partition coefficient (Wildman–Crippen LogP) is 1.72. The van der Waals surface area contributed by atoms with Crippen LogP contribution >= 0.6 is 0 Å². The standard InChI is InChI=1S/C19H18N8O3/c20-14(9-18(28)29)11-27-25-19(24-26-27)12-1-4-15(5-2-12)30-17-6-3-13(10-21-17)16-7-8-22-23-16/h1-8,10,14H,9,11,20H2,(H,22,23)(H,28,29)/t14-/m0/s1. The summed E-state index contributed by atoms with van der Waals surface area (Å²) < 4.78 is 5.77. The van der Waals surface area contributed by atoms with Crippen LogP contribution in [-0.4, -0.2) is 52.5 Å². The van der Waals surface area contributed by atoms with E-state index in [1.807, 2.05) is 12.1 Å². The molecule has 0 unspecified atom stereocenters.